The van der Waals surface area contributed by atoms with E-state index < -0.39 is 17.6 Å². The van der Waals surface area contributed by atoms with Crippen molar-refractivity contribution >= 4 is 11.6 Å². The van der Waals surface area contributed by atoms with Gasteiger partial charge in [-0.3, -0.25) is 4.79 Å². The molecule has 0 aliphatic rings. The Morgan fingerprint density at radius 2 is 2.00 bits per heavy atom. The van der Waals surface area contributed by atoms with Crippen molar-refractivity contribution in [3.63, 3.8) is 0 Å². The average molecular weight is 341 g/mol. The Bertz CT molecular complexity index is 837. The summed E-state index contributed by atoms with van der Waals surface area (Å²) in [5.74, 6) is -0.679. The fourth-order valence-electron chi connectivity index (χ4n) is 2.40. The number of carbonyl (C=O) groups is 1. The number of rotatable bonds is 6. The van der Waals surface area contributed by atoms with Crippen molar-refractivity contribution < 1.29 is 13.9 Å². The summed E-state index contributed by atoms with van der Waals surface area (Å²) in [6.07, 6.45) is 0.337. The number of H-pyrrole nitrogens is 1. The molecule has 2 aromatic carbocycles. The molecule has 0 bridgehead atoms. The average Bonchev–Trinajstić information content (AvgIpc) is 3.16. The molecule has 2 N–H and O–H groups in total. The topological polar surface area (TPSA) is 92.8 Å². The van der Waals surface area contributed by atoms with E-state index in [0.717, 1.165) is 11.3 Å². The van der Waals surface area contributed by atoms with Crippen LogP contribution in [0.5, 0.6) is 5.75 Å². The number of amides is 1. The molecule has 1 aromatic heterocycles. The van der Waals surface area contributed by atoms with Gasteiger partial charge in [-0.15, -0.1) is 10.2 Å². The molecule has 1 atom stereocenters. The number of aromatic nitrogens is 4. The summed E-state index contributed by atoms with van der Waals surface area (Å²) in [4.78, 5) is 12.7. The van der Waals surface area contributed by atoms with Gasteiger partial charge >= 0.3 is 0 Å². The van der Waals surface area contributed by atoms with E-state index in [1.807, 2.05) is 12.1 Å². The van der Waals surface area contributed by atoms with Gasteiger partial charge in [-0.05, 0) is 36.2 Å². The van der Waals surface area contributed by atoms with E-state index in [1.165, 1.54) is 12.1 Å². The number of tetrazole rings is 1. The highest BCUT2D eigenvalue weighted by Gasteiger charge is 2.26. The normalized spacial score (nSPS) is 11.8. The van der Waals surface area contributed by atoms with Crippen molar-refractivity contribution in [2.45, 2.75) is 12.3 Å². The van der Waals surface area contributed by atoms with Gasteiger partial charge < -0.3 is 10.1 Å². The molecule has 128 valence electrons. The fourth-order valence-corrected chi connectivity index (χ4v) is 2.40. The third-order valence-electron chi connectivity index (χ3n) is 3.72. The molecule has 1 amide bonds. The van der Waals surface area contributed by atoms with Gasteiger partial charge in [0.1, 0.15) is 17.5 Å². The van der Waals surface area contributed by atoms with Crippen LogP contribution in [0.1, 0.15) is 17.3 Å². The fraction of sp³-hybridized carbons (Fsp3) is 0.176. The van der Waals surface area contributed by atoms with Crippen LogP contribution in [0.25, 0.3) is 0 Å². The number of hydrogen-bond donors (Lipinski definition) is 2. The summed E-state index contributed by atoms with van der Waals surface area (Å²) in [5.41, 5.74) is 0.995. The predicted octanol–water partition coefficient (Wildman–Crippen LogP) is 2.31. The van der Waals surface area contributed by atoms with Gasteiger partial charge in [0.2, 0.25) is 5.91 Å². The van der Waals surface area contributed by atoms with Crippen molar-refractivity contribution in [1.82, 2.24) is 20.6 Å². The summed E-state index contributed by atoms with van der Waals surface area (Å²) in [6.45, 7) is 0. The number of para-hydroxylation sites is 1. The number of ether oxygens (including phenoxy) is 1. The molecular formula is C17H16FN5O2. The van der Waals surface area contributed by atoms with E-state index in [2.05, 4.69) is 25.9 Å². The van der Waals surface area contributed by atoms with Crippen LogP contribution in [0.15, 0.2) is 48.5 Å². The number of nitrogens with one attached hydrogen (secondary N) is 2. The van der Waals surface area contributed by atoms with Gasteiger partial charge in [0, 0.05) is 0 Å². The molecule has 8 heteroatoms. The number of aromatic amines is 1. The maximum absolute atomic E-state index is 13.8. The van der Waals surface area contributed by atoms with Crippen LogP contribution in [-0.2, 0) is 11.2 Å². The molecule has 0 spiro atoms. The lowest BCUT2D eigenvalue weighted by Gasteiger charge is -2.14. The van der Waals surface area contributed by atoms with Crippen LogP contribution in [0.4, 0.5) is 10.1 Å². The number of carbonyl (C=O) groups excluding carboxylic acids is 1. The third kappa shape index (κ3) is 3.97. The van der Waals surface area contributed by atoms with E-state index in [4.69, 9.17) is 4.74 Å². The Labute approximate surface area is 143 Å². The number of anilines is 1. The van der Waals surface area contributed by atoms with Crippen LogP contribution in [-0.4, -0.2) is 33.6 Å². The van der Waals surface area contributed by atoms with Crippen molar-refractivity contribution in [1.29, 1.82) is 0 Å². The highest BCUT2D eigenvalue weighted by atomic mass is 19.1. The van der Waals surface area contributed by atoms with E-state index in [0.29, 0.717) is 6.42 Å². The van der Waals surface area contributed by atoms with E-state index in [9.17, 15) is 9.18 Å². The van der Waals surface area contributed by atoms with E-state index >= 15 is 0 Å². The van der Waals surface area contributed by atoms with E-state index in [1.54, 1.807) is 31.4 Å². The van der Waals surface area contributed by atoms with Crippen LogP contribution in [0.2, 0.25) is 0 Å². The van der Waals surface area contributed by atoms with Gasteiger partial charge in [0.15, 0.2) is 5.82 Å². The Balaban J connectivity index is 1.82. The van der Waals surface area contributed by atoms with Crippen LogP contribution in [0.3, 0.4) is 0 Å². The SMILES string of the molecule is COc1ccc(C[C@@H](C(=O)Nc2ccccc2F)c2nn[nH]n2)cc1. The quantitative estimate of drug-likeness (QED) is 0.718. The molecule has 0 saturated heterocycles. The number of methoxy groups -OCH3 is 1. The summed E-state index contributed by atoms with van der Waals surface area (Å²) >= 11 is 0. The second kappa shape index (κ2) is 7.52. The molecule has 3 aromatic rings. The largest absolute Gasteiger partial charge is 0.497 e. The lowest BCUT2D eigenvalue weighted by Crippen LogP contribution is -2.24. The number of benzene rings is 2. The minimum absolute atomic E-state index is 0.107. The maximum atomic E-state index is 13.8. The molecular weight excluding hydrogens is 325 g/mol. The second-order valence-corrected chi connectivity index (χ2v) is 5.34. The zero-order chi connectivity index (χ0) is 17.6. The van der Waals surface area contributed by atoms with Gasteiger partial charge in [-0.2, -0.15) is 5.21 Å². The first kappa shape index (κ1) is 16.6. The molecule has 0 aliphatic carbocycles. The highest BCUT2D eigenvalue weighted by molar-refractivity contribution is 5.95. The molecule has 7 nitrogen and oxygen atoms in total. The Hall–Kier alpha value is -3.29. The minimum atomic E-state index is -0.716. The summed E-state index contributed by atoms with van der Waals surface area (Å²) in [6, 6.07) is 13.3. The predicted molar refractivity (Wildman–Crippen MR) is 88.6 cm³/mol. The number of halogens is 1. The van der Waals surface area contributed by atoms with Crippen molar-refractivity contribution in [3.05, 3.63) is 65.7 Å². The standard InChI is InChI=1S/C17H16FN5O2/c1-25-12-8-6-11(7-9-12)10-13(16-20-22-23-21-16)17(24)19-15-5-3-2-4-14(15)18/h2-9,13H,10H2,1H3,(H,19,24)(H,20,21,22,23)/t13-/m1/s1. The first-order valence-electron chi connectivity index (χ1n) is 7.59. The Morgan fingerprint density at radius 1 is 1.24 bits per heavy atom. The van der Waals surface area contributed by atoms with Crippen molar-refractivity contribution in [3.8, 4) is 5.75 Å². The molecule has 0 fully saturated rings. The van der Waals surface area contributed by atoms with Gasteiger partial charge in [-0.25, -0.2) is 4.39 Å². The van der Waals surface area contributed by atoms with Crippen molar-refractivity contribution in [2.24, 2.45) is 0 Å². The lowest BCUT2D eigenvalue weighted by molar-refractivity contribution is -0.117. The first-order chi connectivity index (χ1) is 12.2. The molecule has 3 rings (SSSR count). The Kier molecular flexibility index (Phi) is 4.98. The van der Waals surface area contributed by atoms with E-state index in [-0.39, 0.29) is 11.5 Å². The van der Waals surface area contributed by atoms with Gasteiger partial charge in [-0.1, -0.05) is 29.5 Å². The summed E-state index contributed by atoms with van der Waals surface area (Å²) in [7, 11) is 1.58. The Morgan fingerprint density at radius 3 is 2.64 bits per heavy atom. The molecule has 25 heavy (non-hydrogen) atoms. The monoisotopic (exact) mass is 341 g/mol. The zero-order valence-corrected chi connectivity index (χ0v) is 13.4. The second-order valence-electron chi connectivity index (χ2n) is 5.34. The highest BCUT2D eigenvalue weighted by Crippen LogP contribution is 2.22. The number of hydrogen-bond acceptors (Lipinski definition) is 5. The molecule has 0 radical (unpaired) electrons. The third-order valence-corrected chi connectivity index (χ3v) is 3.72. The van der Waals surface area contributed by atoms with Crippen LogP contribution >= 0.6 is 0 Å². The summed E-state index contributed by atoms with van der Waals surface area (Å²) < 4.78 is 18.9. The van der Waals surface area contributed by atoms with Gasteiger partial charge in [0.25, 0.3) is 0 Å². The smallest absolute Gasteiger partial charge is 0.235 e. The number of nitrogens with zero attached hydrogens (tertiary/aromatic N) is 3. The zero-order valence-electron chi connectivity index (χ0n) is 13.4. The van der Waals surface area contributed by atoms with Crippen LogP contribution < -0.4 is 10.1 Å². The molecule has 0 aliphatic heterocycles. The first-order valence-corrected chi connectivity index (χ1v) is 7.59. The molecule has 0 unspecified atom stereocenters. The van der Waals surface area contributed by atoms with Crippen LogP contribution in [0, 0.1) is 5.82 Å². The summed E-state index contributed by atoms with van der Waals surface area (Å²) in [5, 5.41) is 16.2. The van der Waals surface area contributed by atoms with Crippen molar-refractivity contribution in [2.75, 3.05) is 12.4 Å². The molecule has 1 heterocycles. The maximum Gasteiger partial charge on any atom is 0.235 e. The molecule has 0 saturated carbocycles. The lowest BCUT2D eigenvalue weighted by atomic mass is 9.97. The minimum Gasteiger partial charge on any atom is -0.497 e. The van der Waals surface area contributed by atoms with Gasteiger partial charge in [0.05, 0.1) is 12.8 Å².